The van der Waals surface area contributed by atoms with Gasteiger partial charge in [-0.25, -0.2) is 0 Å². The smallest absolute Gasteiger partial charge is 0.416 e. The van der Waals surface area contributed by atoms with E-state index in [-0.39, 0.29) is 11.3 Å². The van der Waals surface area contributed by atoms with Crippen LogP contribution in [0.1, 0.15) is 21.5 Å². The average Bonchev–Trinajstić information content (AvgIpc) is 2.39. The molecule has 3 N–H and O–H groups in total. The van der Waals surface area contributed by atoms with Gasteiger partial charge in [-0.15, -0.1) is 0 Å². The molecule has 0 aliphatic rings. The highest BCUT2D eigenvalue weighted by Gasteiger charge is 2.32. The molecule has 0 fully saturated rings. The molecule has 2 aromatic rings. The molecule has 0 aromatic heterocycles. The Morgan fingerprint density at radius 1 is 1.09 bits per heavy atom. The number of rotatable bonds is 2. The van der Waals surface area contributed by atoms with Crippen LogP contribution in [0, 0.1) is 6.92 Å². The summed E-state index contributed by atoms with van der Waals surface area (Å²) in [7, 11) is 0. The molecule has 0 radical (unpaired) electrons. The van der Waals surface area contributed by atoms with Crippen molar-refractivity contribution in [3.05, 3.63) is 53.1 Å². The molecule has 0 spiro atoms. The Bertz CT molecular complexity index is 706. The summed E-state index contributed by atoms with van der Waals surface area (Å²) in [6, 6.07) is 7.03. The van der Waals surface area contributed by atoms with Crippen molar-refractivity contribution in [3.8, 4) is 11.5 Å². The maximum atomic E-state index is 12.8. The summed E-state index contributed by atoms with van der Waals surface area (Å²) in [6.45, 7) is 1.31. The van der Waals surface area contributed by atoms with E-state index in [0.717, 1.165) is 6.07 Å². The first-order valence-corrected chi connectivity index (χ1v) is 6.20. The lowest BCUT2D eigenvalue weighted by Crippen LogP contribution is -2.14. The lowest BCUT2D eigenvalue weighted by molar-refractivity contribution is -0.138. The van der Waals surface area contributed by atoms with E-state index >= 15 is 0 Å². The zero-order valence-corrected chi connectivity index (χ0v) is 11.4. The molecular formula is C15H12F3NO3. The summed E-state index contributed by atoms with van der Waals surface area (Å²) in [5.41, 5.74) is -1.34. The monoisotopic (exact) mass is 311 g/mol. The number of halogens is 3. The first-order valence-electron chi connectivity index (χ1n) is 6.20. The number of amides is 1. The minimum absolute atomic E-state index is 0.0240. The third kappa shape index (κ3) is 3.13. The maximum absolute atomic E-state index is 12.8. The van der Waals surface area contributed by atoms with Gasteiger partial charge in [-0.2, -0.15) is 13.2 Å². The molecular weight excluding hydrogens is 299 g/mol. The Kier molecular flexibility index (Phi) is 3.99. The topological polar surface area (TPSA) is 69.6 Å². The van der Waals surface area contributed by atoms with Gasteiger partial charge in [-0.3, -0.25) is 4.79 Å². The van der Waals surface area contributed by atoms with Crippen molar-refractivity contribution in [2.45, 2.75) is 13.1 Å². The highest BCUT2D eigenvalue weighted by molar-refractivity contribution is 6.08. The first-order chi connectivity index (χ1) is 10.2. The van der Waals surface area contributed by atoms with Gasteiger partial charge in [0.25, 0.3) is 5.91 Å². The molecule has 7 heteroatoms. The van der Waals surface area contributed by atoms with Gasteiger partial charge in [0.1, 0.15) is 17.1 Å². The number of phenolic OH excluding ortho intramolecular Hbond substituents is 2. The van der Waals surface area contributed by atoms with Crippen LogP contribution in [0.5, 0.6) is 11.5 Å². The third-order valence-electron chi connectivity index (χ3n) is 3.05. The van der Waals surface area contributed by atoms with Crippen LogP contribution in [0.4, 0.5) is 18.9 Å². The summed E-state index contributed by atoms with van der Waals surface area (Å²) in [4.78, 5) is 12.0. The van der Waals surface area contributed by atoms with Gasteiger partial charge in [-0.1, -0.05) is 12.1 Å². The van der Waals surface area contributed by atoms with E-state index in [4.69, 9.17) is 0 Å². The summed E-state index contributed by atoms with van der Waals surface area (Å²) in [5, 5.41) is 21.4. The van der Waals surface area contributed by atoms with Crippen molar-refractivity contribution in [3.63, 3.8) is 0 Å². The highest BCUT2D eigenvalue weighted by Crippen LogP contribution is 2.34. The Hall–Kier alpha value is -2.70. The molecule has 0 bridgehead atoms. The fourth-order valence-electron chi connectivity index (χ4n) is 1.96. The van der Waals surface area contributed by atoms with Crippen molar-refractivity contribution in [2.24, 2.45) is 0 Å². The Balaban J connectivity index is 2.34. The number of benzene rings is 2. The Morgan fingerprint density at radius 3 is 2.23 bits per heavy atom. The maximum Gasteiger partial charge on any atom is 0.416 e. The number of alkyl halides is 3. The van der Waals surface area contributed by atoms with Crippen molar-refractivity contribution in [2.75, 3.05) is 5.32 Å². The number of phenols is 2. The summed E-state index contributed by atoms with van der Waals surface area (Å²) in [6.07, 6.45) is -4.54. The van der Waals surface area contributed by atoms with Gasteiger partial charge in [0.2, 0.25) is 0 Å². The lowest BCUT2D eigenvalue weighted by atomic mass is 10.1. The molecule has 0 aliphatic heterocycles. The number of aryl methyl sites for hydroxylation is 1. The standard InChI is InChI=1S/C15H12F3NO3/c1-8-5-6-9(7-10(8)15(16,17)18)19-14(22)13-11(20)3-2-4-12(13)21/h2-7,20-21H,1H3,(H,19,22). The molecule has 116 valence electrons. The quantitative estimate of drug-likeness (QED) is 0.792. The zero-order chi connectivity index (χ0) is 16.5. The van der Waals surface area contributed by atoms with E-state index in [2.05, 4.69) is 5.32 Å². The SMILES string of the molecule is Cc1ccc(NC(=O)c2c(O)cccc2O)cc1C(F)(F)F. The minimum atomic E-state index is -4.54. The van der Waals surface area contributed by atoms with Gasteiger partial charge < -0.3 is 15.5 Å². The molecule has 4 nitrogen and oxygen atoms in total. The molecule has 0 aliphatic carbocycles. The number of carbonyl (C=O) groups excluding carboxylic acids is 1. The largest absolute Gasteiger partial charge is 0.507 e. The van der Waals surface area contributed by atoms with Gasteiger partial charge in [0, 0.05) is 5.69 Å². The zero-order valence-electron chi connectivity index (χ0n) is 11.4. The van der Waals surface area contributed by atoms with Crippen LogP contribution in [-0.2, 0) is 6.18 Å². The fraction of sp³-hybridized carbons (Fsp3) is 0.133. The number of carbonyl (C=O) groups is 1. The van der Waals surface area contributed by atoms with Crippen LogP contribution in [-0.4, -0.2) is 16.1 Å². The number of nitrogens with one attached hydrogen (secondary N) is 1. The van der Waals surface area contributed by atoms with Crippen LogP contribution in [0.25, 0.3) is 0 Å². The second-order valence-electron chi connectivity index (χ2n) is 4.65. The summed E-state index contributed by atoms with van der Waals surface area (Å²) in [5.74, 6) is -1.85. The Morgan fingerprint density at radius 2 is 1.68 bits per heavy atom. The molecule has 0 saturated heterocycles. The van der Waals surface area contributed by atoms with E-state index in [1.54, 1.807) is 0 Å². The van der Waals surface area contributed by atoms with Gasteiger partial charge in [-0.05, 0) is 36.8 Å². The Labute approximate surface area is 123 Å². The second kappa shape index (κ2) is 5.59. The number of hydrogen-bond donors (Lipinski definition) is 3. The number of hydrogen-bond acceptors (Lipinski definition) is 3. The minimum Gasteiger partial charge on any atom is -0.507 e. The number of aromatic hydroxyl groups is 2. The molecule has 0 atom stereocenters. The highest BCUT2D eigenvalue weighted by atomic mass is 19.4. The van der Waals surface area contributed by atoms with Crippen LogP contribution in [0.2, 0.25) is 0 Å². The van der Waals surface area contributed by atoms with E-state index < -0.39 is 34.7 Å². The van der Waals surface area contributed by atoms with Crippen LogP contribution in [0.15, 0.2) is 36.4 Å². The predicted molar refractivity (Wildman–Crippen MR) is 73.9 cm³/mol. The van der Waals surface area contributed by atoms with Gasteiger partial charge in [0.05, 0.1) is 5.56 Å². The fourth-order valence-corrected chi connectivity index (χ4v) is 1.96. The van der Waals surface area contributed by atoms with E-state index in [0.29, 0.717) is 0 Å². The number of anilines is 1. The molecule has 2 aromatic carbocycles. The normalized spacial score (nSPS) is 11.3. The van der Waals surface area contributed by atoms with Gasteiger partial charge in [0.15, 0.2) is 0 Å². The molecule has 1 amide bonds. The second-order valence-corrected chi connectivity index (χ2v) is 4.65. The molecule has 22 heavy (non-hydrogen) atoms. The first kappa shape index (κ1) is 15.7. The van der Waals surface area contributed by atoms with Crippen molar-refractivity contribution >= 4 is 11.6 Å². The van der Waals surface area contributed by atoms with E-state index in [1.807, 2.05) is 0 Å². The van der Waals surface area contributed by atoms with Crippen LogP contribution >= 0.6 is 0 Å². The summed E-state index contributed by atoms with van der Waals surface area (Å²) >= 11 is 0. The molecule has 0 unspecified atom stereocenters. The van der Waals surface area contributed by atoms with Crippen molar-refractivity contribution in [1.82, 2.24) is 0 Å². The van der Waals surface area contributed by atoms with Crippen molar-refractivity contribution in [1.29, 1.82) is 0 Å². The molecule has 0 heterocycles. The molecule has 2 rings (SSSR count). The van der Waals surface area contributed by atoms with E-state index in [1.165, 1.54) is 37.3 Å². The lowest BCUT2D eigenvalue weighted by Gasteiger charge is -2.13. The van der Waals surface area contributed by atoms with Gasteiger partial charge >= 0.3 is 6.18 Å². The van der Waals surface area contributed by atoms with Crippen LogP contribution in [0.3, 0.4) is 0 Å². The predicted octanol–water partition coefficient (Wildman–Crippen LogP) is 3.68. The molecule has 0 saturated carbocycles. The van der Waals surface area contributed by atoms with Crippen LogP contribution < -0.4 is 5.32 Å². The van der Waals surface area contributed by atoms with Crippen molar-refractivity contribution < 1.29 is 28.2 Å². The van der Waals surface area contributed by atoms with E-state index in [9.17, 15) is 28.2 Å². The third-order valence-corrected chi connectivity index (χ3v) is 3.05. The average molecular weight is 311 g/mol. The summed E-state index contributed by atoms with van der Waals surface area (Å²) < 4.78 is 38.5.